The first-order valence-electron chi connectivity index (χ1n) is 13.1. The molecule has 1 heterocycles. The number of carbonyl (C=O) groups is 3. The van der Waals surface area contributed by atoms with Gasteiger partial charge in [-0.1, -0.05) is 78.9 Å². The molecule has 1 unspecified atom stereocenters. The summed E-state index contributed by atoms with van der Waals surface area (Å²) in [6.45, 7) is 0. The van der Waals surface area contributed by atoms with Crippen LogP contribution in [-0.4, -0.2) is 23.0 Å². The van der Waals surface area contributed by atoms with E-state index in [1.807, 2.05) is 91.0 Å². The molecule has 2 aliphatic rings. The van der Waals surface area contributed by atoms with Crippen molar-refractivity contribution in [2.24, 2.45) is 11.8 Å². The first kappa shape index (κ1) is 24.6. The fraction of sp³-hybridized carbons (Fsp3) is 0.182. The molecule has 2 N–H and O–H groups in total. The number of anilines is 1. The molecular weight excluding hydrogens is 490 g/mol. The van der Waals surface area contributed by atoms with Crippen LogP contribution in [0.1, 0.15) is 34.9 Å². The van der Waals surface area contributed by atoms with Crippen molar-refractivity contribution in [1.29, 1.82) is 0 Å². The lowest BCUT2D eigenvalue weighted by Gasteiger charge is -2.48. The fourth-order valence-electron chi connectivity index (χ4n) is 6.01. The van der Waals surface area contributed by atoms with Crippen LogP contribution in [0.4, 0.5) is 5.69 Å². The molecule has 1 aliphatic carbocycles. The molecule has 1 saturated carbocycles. The van der Waals surface area contributed by atoms with Crippen LogP contribution >= 0.6 is 0 Å². The van der Waals surface area contributed by atoms with E-state index in [9.17, 15) is 19.5 Å². The summed E-state index contributed by atoms with van der Waals surface area (Å²) in [5.41, 5.74) is 5.37. The van der Waals surface area contributed by atoms with Crippen LogP contribution in [0.2, 0.25) is 0 Å². The Bertz CT molecular complexity index is 1500. The van der Waals surface area contributed by atoms with Gasteiger partial charge >= 0.3 is 11.9 Å². The number of aliphatic carboxylic acids is 1. The molecule has 4 atom stereocenters. The van der Waals surface area contributed by atoms with E-state index in [1.165, 1.54) is 0 Å². The van der Waals surface area contributed by atoms with Crippen LogP contribution in [-0.2, 0) is 20.8 Å². The topological polar surface area (TPSA) is 92.7 Å². The van der Waals surface area contributed by atoms with E-state index in [-0.39, 0.29) is 5.91 Å². The zero-order valence-corrected chi connectivity index (χ0v) is 21.1. The number of carbonyl (C=O) groups excluding carboxylic acids is 2. The molecule has 1 amide bonds. The number of amides is 1. The molecule has 39 heavy (non-hydrogen) atoms. The van der Waals surface area contributed by atoms with Gasteiger partial charge in [-0.3, -0.25) is 14.4 Å². The molecule has 1 aliphatic heterocycles. The molecule has 1 fully saturated rings. The highest BCUT2D eigenvalue weighted by atomic mass is 16.5. The predicted octanol–water partition coefficient (Wildman–Crippen LogP) is 6.04. The Morgan fingerprint density at radius 3 is 2.00 bits per heavy atom. The van der Waals surface area contributed by atoms with E-state index in [2.05, 4.69) is 11.4 Å². The molecule has 6 heteroatoms. The van der Waals surface area contributed by atoms with Crippen molar-refractivity contribution in [2.45, 2.75) is 24.7 Å². The maximum atomic E-state index is 13.7. The van der Waals surface area contributed by atoms with Gasteiger partial charge in [-0.25, -0.2) is 0 Å². The third-order valence-electron chi connectivity index (χ3n) is 7.86. The fourth-order valence-corrected chi connectivity index (χ4v) is 6.01. The summed E-state index contributed by atoms with van der Waals surface area (Å²) in [5.74, 6) is -3.33. The number of benzene rings is 4. The number of nitrogens with one attached hydrogen (secondary N) is 1. The summed E-state index contributed by atoms with van der Waals surface area (Å²) in [4.78, 5) is 37.9. The molecule has 4 aromatic rings. The summed E-state index contributed by atoms with van der Waals surface area (Å²) < 4.78 is 5.95. The molecule has 0 bridgehead atoms. The highest BCUT2D eigenvalue weighted by Gasteiger charge is 2.59. The monoisotopic (exact) mass is 517 g/mol. The van der Waals surface area contributed by atoms with Crippen LogP contribution in [0.15, 0.2) is 103 Å². The standard InChI is InChI=1S/C33H27NO5/c35-27-17-15-24-18-23(14-16-26(24)34-27)22-12-7-13-25(19-22)39-33(38)31-28(20-8-3-1-4-9-20)30(32(36)37)29(31)21-10-5-2-6-11-21/h1-14,16,18-19,28-31H,15,17H2,(H,34,35)(H,36,37)/t28-,29?,30-,31-/m0/s1. The second kappa shape index (κ2) is 10.2. The number of hydrogen-bond acceptors (Lipinski definition) is 4. The lowest BCUT2D eigenvalue weighted by molar-refractivity contribution is -0.158. The van der Waals surface area contributed by atoms with Crippen molar-refractivity contribution in [3.05, 3.63) is 120 Å². The Hall–Kier alpha value is -4.71. The average Bonchev–Trinajstić information content (AvgIpc) is 2.93. The van der Waals surface area contributed by atoms with Crippen LogP contribution in [0.3, 0.4) is 0 Å². The Kier molecular flexibility index (Phi) is 6.45. The molecule has 0 saturated heterocycles. The minimum absolute atomic E-state index is 0.0212. The second-order valence-corrected chi connectivity index (χ2v) is 10.1. The minimum atomic E-state index is -0.924. The van der Waals surface area contributed by atoms with Crippen molar-refractivity contribution in [3.63, 3.8) is 0 Å². The number of carboxylic acids is 1. The Morgan fingerprint density at radius 2 is 1.36 bits per heavy atom. The van der Waals surface area contributed by atoms with E-state index >= 15 is 0 Å². The maximum Gasteiger partial charge on any atom is 0.315 e. The maximum absolute atomic E-state index is 13.7. The van der Waals surface area contributed by atoms with Gasteiger partial charge in [0.05, 0.1) is 11.8 Å². The first-order valence-corrected chi connectivity index (χ1v) is 13.1. The van der Waals surface area contributed by atoms with Gasteiger partial charge in [-0.15, -0.1) is 0 Å². The van der Waals surface area contributed by atoms with Crippen molar-refractivity contribution >= 4 is 23.5 Å². The molecule has 194 valence electrons. The average molecular weight is 518 g/mol. The molecule has 0 aromatic heterocycles. The van der Waals surface area contributed by atoms with Crippen LogP contribution in [0.25, 0.3) is 11.1 Å². The normalized spacial score (nSPS) is 21.7. The number of aryl methyl sites for hydroxylation is 1. The molecule has 6 nitrogen and oxygen atoms in total. The highest BCUT2D eigenvalue weighted by Crippen LogP contribution is 2.58. The van der Waals surface area contributed by atoms with E-state index in [0.29, 0.717) is 18.6 Å². The van der Waals surface area contributed by atoms with E-state index in [4.69, 9.17) is 4.74 Å². The molecule has 0 radical (unpaired) electrons. The van der Waals surface area contributed by atoms with Crippen LogP contribution in [0.5, 0.6) is 5.75 Å². The quantitative estimate of drug-likeness (QED) is 0.240. The van der Waals surface area contributed by atoms with E-state index < -0.39 is 35.6 Å². The van der Waals surface area contributed by atoms with Gasteiger partial charge in [-0.05, 0) is 58.5 Å². The summed E-state index contributed by atoms with van der Waals surface area (Å²) >= 11 is 0. The van der Waals surface area contributed by atoms with Gasteiger partial charge in [0.1, 0.15) is 5.75 Å². The van der Waals surface area contributed by atoms with Gasteiger partial charge in [0.15, 0.2) is 0 Å². The number of esters is 1. The number of ether oxygens (including phenoxy) is 1. The van der Waals surface area contributed by atoms with Gasteiger partial charge in [-0.2, -0.15) is 0 Å². The van der Waals surface area contributed by atoms with Crippen molar-refractivity contribution in [1.82, 2.24) is 0 Å². The van der Waals surface area contributed by atoms with Crippen molar-refractivity contribution < 1.29 is 24.2 Å². The number of rotatable bonds is 6. The van der Waals surface area contributed by atoms with E-state index in [1.54, 1.807) is 6.07 Å². The Morgan fingerprint density at radius 1 is 0.718 bits per heavy atom. The smallest absolute Gasteiger partial charge is 0.315 e. The number of fused-ring (bicyclic) bond motifs is 1. The third kappa shape index (κ3) is 4.70. The molecular formula is C33H27NO5. The number of hydrogen-bond donors (Lipinski definition) is 2. The molecule has 4 aromatic carbocycles. The lowest BCUT2D eigenvalue weighted by Crippen LogP contribution is -2.52. The first-order chi connectivity index (χ1) is 19.0. The predicted molar refractivity (Wildman–Crippen MR) is 147 cm³/mol. The zero-order valence-electron chi connectivity index (χ0n) is 21.1. The van der Waals surface area contributed by atoms with Crippen molar-refractivity contribution in [3.8, 4) is 16.9 Å². The largest absolute Gasteiger partial charge is 0.481 e. The van der Waals surface area contributed by atoms with Gasteiger partial charge in [0, 0.05) is 23.9 Å². The van der Waals surface area contributed by atoms with E-state index in [0.717, 1.165) is 33.5 Å². The highest BCUT2D eigenvalue weighted by molar-refractivity contribution is 5.94. The Balaban J connectivity index is 1.30. The summed E-state index contributed by atoms with van der Waals surface area (Å²) in [7, 11) is 0. The van der Waals surface area contributed by atoms with Gasteiger partial charge < -0.3 is 15.2 Å². The summed E-state index contributed by atoms with van der Waals surface area (Å²) in [6.07, 6.45) is 1.13. The Labute approximate surface area is 226 Å². The van der Waals surface area contributed by atoms with Crippen LogP contribution in [0, 0.1) is 11.8 Å². The minimum Gasteiger partial charge on any atom is -0.481 e. The number of carboxylic acid groups (broad SMARTS) is 1. The van der Waals surface area contributed by atoms with Gasteiger partial charge in [0.25, 0.3) is 0 Å². The second-order valence-electron chi connectivity index (χ2n) is 10.1. The zero-order chi connectivity index (χ0) is 26.9. The van der Waals surface area contributed by atoms with Gasteiger partial charge in [0.2, 0.25) is 5.91 Å². The third-order valence-corrected chi connectivity index (χ3v) is 7.86. The molecule has 6 rings (SSSR count). The molecule has 0 spiro atoms. The van der Waals surface area contributed by atoms with Crippen molar-refractivity contribution in [2.75, 3.05) is 5.32 Å². The summed E-state index contributed by atoms with van der Waals surface area (Å²) in [6, 6.07) is 31.9. The SMILES string of the molecule is O=C1CCc2cc(-c3cccc(OC(=O)[C@@H]4C(c5ccccc5)[C@@H](C(=O)O)[C@@H]4c4ccccc4)c3)ccc2N1. The van der Waals surface area contributed by atoms with Crippen LogP contribution < -0.4 is 10.1 Å². The lowest BCUT2D eigenvalue weighted by atomic mass is 9.52. The summed E-state index contributed by atoms with van der Waals surface area (Å²) in [5, 5.41) is 13.1.